The topological polar surface area (TPSA) is 287 Å². The minimum Gasteiger partial charge on any atom is -0.459 e. The molecule has 26 heteroatoms. The highest BCUT2D eigenvalue weighted by molar-refractivity contribution is 5.94. The van der Waals surface area contributed by atoms with Crippen LogP contribution < -0.4 is 15.7 Å². The number of nitro benzene ring substituents is 1. The molecule has 1 fully saturated rings. The highest BCUT2D eigenvalue weighted by Crippen LogP contribution is 2.20. The molecule has 2 heterocycles. The van der Waals surface area contributed by atoms with Gasteiger partial charge in [-0.15, -0.1) is 4.73 Å². The summed E-state index contributed by atoms with van der Waals surface area (Å²) in [5, 5.41) is 13.6. The zero-order valence-corrected chi connectivity index (χ0v) is 56.2. The van der Waals surface area contributed by atoms with Gasteiger partial charge in [-0.3, -0.25) is 68.1 Å². The van der Waals surface area contributed by atoms with Crippen LogP contribution in [-0.2, 0) is 63.7 Å². The highest BCUT2D eigenvalue weighted by atomic mass is 16.7. The summed E-state index contributed by atoms with van der Waals surface area (Å²) in [7, 11) is 0. The number of carbonyl (C=O) groups excluding carboxylic acids is 7. The van der Waals surface area contributed by atoms with E-state index in [9.17, 15) is 48.5 Å². The number of ether oxygens (including phenoxy) is 7. The maximum absolute atomic E-state index is 14.5. The molecule has 1 aliphatic heterocycles. The molecule has 0 spiro atoms. The van der Waals surface area contributed by atoms with Crippen LogP contribution in [0.2, 0.25) is 0 Å². The standard InChI is InChI=1S/C66H100N8O18/c1-63(2,3)89-57(77)46-68-31-33-69(47-58(78)90-64(4,5)6)35-37-71(38-36-70(34-32-68)48-59(79)91-65(7,8)9)55(62(82)92-66(10,11)12)28-27-53(75)20-17-30-72(61(81)54-21-16-22-56(76)73(54)88-49-50-18-14-13-15-19-50)39-41-86-43-45-87-44-42-85-40-29-67-60(80)51-23-25-52(26-24-51)74(83)84/h13-16,18-19,21-26,55H,17,20,27-49H2,1-12H3,(H,67,80). The quantitative estimate of drug-likeness (QED) is 0.0263. The van der Waals surface area contributed by atoms with Crippen LogP contribution in [0.1, 0.15) is 135 Å². The van der Waals surface area contributed by atoms with Crippen LogP contribution in [0.5, 0.6) is 0 Å². The maximum Gasteiger partial charge on any atom is 0.323 e. The lowest BCUT2D eigenvalue weighted by molar-refractivity contribution is -0.384. The zero-order valence-electron chi connectivity index (χ0n) is 56.2. The number of Topliss-reactive ketones (excluding diaryl/α,β-unsaturated/α-hetero) is 1. The molecule has 2 amide bonds. The predicted octanol–water partition coefficient (Wildman–Crippen LogP) is 5.39. The number of hydrogen-bond donors (Lipinski definition) is 1. The van der Waals surface area contributed by atoms with E-state index in [0.29, 0.717) is 26.2 Å². The Hall–Kier alpha value is -7.20. The number of nitrogens with one attached hydrogen (secondary N) is 1. The van der Waals surface area contributed by atoms with Crippen molar-refractivity contribution in [1.82, 2.24) is 34.5 Å². The second-order valence-electron chi connectivity index (χ2n) is 26.3. The Kier molecular flexibility index (Phi) is 32.0. The lowest BCUT2D eigenvalue weighted by atomic mass is 10.0. The third kappa shape index (κ3) is 31.9. The van der Waals surface area contributed by atoms with Gasteiger partial charge in [-0.2, -0.15) is 0 Å². The first kappa shape index (κ1) is 77.2. The number of nitro groups is 1. The first-order valence-corrected chi connectivity index (χ1v) is 31.5. The Morgan fingerprint density at radius 3 is 1.53 bits per heavy atom. The van der Waals surface area contributed by atoms with E-state index in [-0.39, 0.29) is 160 Å². The fourth-order valence-electron chi connectivity index (χ4n) is 9.46. The molecule has 26 nitrogen and oxygen atoms in total. The van der Waals surface area contributed by atoms with Crippen molar-refractivity contribution in [3.8, 4) is 0 Å². The van der Waals surface area contributed by atoms with Crippen LogP contribution in [0.4, 0.5) is 5.69 Å². The molecule has 1 saturated heterocycles. The molecular formula is C66H100N8O18. The van der Waals surface area contributed by atoms with Crippen LogP contribution >= 0.6 is 0 Å². The zero-order chi connectivity index (χ0) is 68.1. The van der Waals surface area contributed by atoms with Gasteiger partial charge < -0.3 is 48.2 Å². The molecule has 3 aromatic rings. The van der Waals surface area contributed by atoms with E-state index in [0.717, 1.165) is 10.3 Å². The third-order valence-corrected chi connectivity index (χ3v) is 13.6. The number of benzene rings is 2. The summed E-state index contributed by atoms with van der Waals surface area (Å²) in [5.41, 5.74) is -2.81. The minimum absolute atomic E-state index is 0.00104. The second kappa shape index (κ2) is 38.1. The molecule has 0 aliphatic carbocycles. The maximum atomic E-state index is 14.5. The second-order valence-corrected chi connectivity index (χ2v) is 26.3. The number of non-ortho nitro benzene ring substituents is 1. The van der Waals surface area contributed by atoms with Gasteiger partial charge in [-0.25, -0.2) is 0 Å². The normalized spacial score (nSPS) is 14.8. The Morgan fingerprint density at radius 2 is 1.04 bits per heavy atom. The number of aromatic nitrogens is 1. The lowest BCUT2D eigenvalue weighted by Crippen LogP contribution is -2.53. The molecule has 1 unspecified atom stereocenters. The first-order chi connectivity index (χ1) is 43.2. The number of hydrogen-bond acceptors (Lipinski definition) is 22. The predicted molar refractivity (Wildman–Crippen MR) is 343 cm³/mol. The van der Waals surface area contributed by atoms with Crippen molar-refractivity contribution in [2.24, 2.45) is 0 Å². The number of rotatable bonds is 33. The van der Waals surface area contributed by atoms with E-state index in [1.54, 1.807) is 83.1 Å². The summed E-state index contributed by atoms with van der Waals surface area (Å²) in [6.07, 6.45) is 0.242. The number of amides is 2. The molecule has 512 valence electrons. The van der Waals surface area contributed by atoms with Crippen LogP contribution in [0, 0.1) is 10.1 Å². The summed E-state index contributed by atoms with van der Waals surface area (Å²) >= 11 is 0. The number of nitrogens with zero attached hydrogens (tertiary/aromatic N) is 7. The van der Waals surface area contributed by atoms with Crippen LogP contribution in [0.25, 0.3) is 0 Å². The molecule has 4 rings (SSSR count). The molecule has 0 bridgehead atoms. The van der Waals surface area contributed by atoms with Crippen molar-refractivity contribution in [3.63, 3.8) is 0 Å². The first-order valence-electron chi connectivity index (χ1n) is 31.5. The van der Waals surface area contributed by atoms with Gasteiger partial charge >= 0.3 is 23.9 Å². The van der Waals surface area contributed by atoms with Crippen molar-refractivity contribution in [3.05, 3.63) is 110 Å². The van der Waals surface area contributed by atoms with Gasteiger partial charge in [0.25, 0.3) is 23.1 Å². The van der Waals surface area contributed by atoms with E-state index in [2.05, 4.69) is 5.32 Å². The summed E-state index contributed by atoms with van der Waals surface area (Å²) in [6.45, 7) is 24.9. The SMILES string of the molecule is CC(C)(C)OC(=O)CN1CCN(CC(=O)OC(C)(C)C)CCN(C(CCC(=O)CCCN(CCOCCOCCOCCNC(=O)c2ccc([N+](=O)[O-])cc2)C(=O)c2cccc(=O)n2OCc2ccccc2)C(=O)OC(C)(C)C)CCN(CC(=O)OC(C)(C)C)CC1. The number of ketones is 1. The van der Waals surface area contributed by atoms with E-state index >= 15 is 0 Å². The fraction of sp³-hybridized carbons (Fsp3) is 0.636. The minimum atomic E-state index is -0.953. The number of pyridine rings is 1. The Labute approximate surface area is 541 Å². The molecule has 1 N–H and O–H groups in total. The lowest BCUT2D eigenvalue weighted by Gasteiger charge is -2.37. The van der Waals surface area contributed by atoms with Crippen molar-refractivity contribution in [2.45, 2.75) is 144 Å². The highest BCUT2D eigenvalue weighted by Gasteiger charge is 2.34. The largest absolute Gasteiger partial charge is 0.459 e. The average Bonchev–Trinajstić information content (AvgIpc) is 0.921. The van der Waals surface area contributed by atoms with E-state index < -0.39 is 74.6 Å². The van der Waals surface area contributed by atoms with Gasteiger partial charge in [-0.1, -0.05) is 36.4 Å². The van der Waals surface area contributed by atoms with Gasteiger partial charge in [0.05, 0.1) is 64.2 Å². The number of carbonyl (C=O) groups is 7. The summed E-state index contributed by atoms with van der Waals surface area (Å²) in [5.74, 6) is -3.01. The smallest absolute Gasteiger partial charge is 0.323 e. The van der Waals surface area contributed by atoms with Gasteiger partial charge in [0.15, 0.2) is 0 Å². The van der Waals surface area contributed by atoms with Crippen molar-refractivity contribution in [1.29, 1.82) is 0 Å². The van der Waals surface area contributed by atoms with Gasteiger partial charge in [0.2, 0.25) is 0 Å². The molecule has 0 radical (unpaired) electrons. The molecule has 92 heavy (non-hydrogen) atoms. The third-order valence-electron chi connectivity index (χ3n) is 13.6. The monoisotopic (exact) mass is 1290 g/mol. The van der Waals surface area contributed by atoms with Gasteiger partial charge in [0, 0.05) is 109 Å². The molecular weight excluding hydrogens is 1190 g/mol. The van der Waals surface area contributed by atoms with Crippen LogP contribution in [-0.4, -0.2) is 235 Å². The summed E-state index contributed by atoms with van der Waals surface area (Å²) in [6, 6.07) is 17.7. The van der Waals surface area contributed by atoms with Crippen molar-refractivity contribution < 1.29 is 76.5 Å². The van der Waals surface area contributed by atoms with Crippen LogP contribution in [0.15, 0.2) is 77.6 Å². The van der Waals surface area contributed by atoms with Crippen molar-refractivity contribution in [2.75, 3.05) is 131 Å². The average molecular weight is 1290 g/mol. The van der Waals surface area contributed by atoms with Gasteiger partial charge in [0.1, 0.15) is 46.5 Å². The van der Waals surface area contributed by atoms with E-state index in [1.165, 1.54) is 47.4 Å². The fourth-order valence-corrected chi connectivity index (χ4v) is 9.46. The Bertz CT molecular complexity index is 2830. The Balaban J connectivity index is 1.49. The van der Waals surface area contributed by atoms with E-state index in [4.69, 9.17) is 38.0 Å². The van der Waals surface area contributed by atoms with Crippen molar-refractivity contribution >= 4 is 47.2 Å². The number of esters is 4. The summed E-state index contributed by atoms with van der Waals surface area (Å²) < 4.78 is 41.3. The summed E-state index contributed by atoms with van der Waals surface area (Å²) in [4.78, 5) is 134. The van der Waals surface area contributed by atoms with E-state index in [1.807, 2.05) is 49.9 Å². The molecule has 0 saturated carbocycles. The van der Waals surface area contributed by atoms with Gasteiger partial charge in [-0.05, 0) is 120 Å². The molecule has 1 aromatic heterocycles. The van der Waals surface area contributed by atoms with Crippen LogP contribution in [0.3, 0.4) is 0 Å². The molecule has 2 aromatic carbocycles. The molecule has 1 atom stereocenters. The molecule has 1 aliphatic rings. The Morgan fingerprint density at radius 1 is 0.565 bits per heavy atom.